The van der Waals surface area contributed by atoms with Crippen LogP contribution in [0.5, 0.6) is 11.5 Å². The van der Waals surface area contributed by atoms with Gasteiger partial charge in [-0.2, -0.15) is 0 Å². The summed E-state index contributed by atoms with van der Waals surface area (Å²) in [4.78, 5) is 1.37. The lowest BCUT2D eigenvalue weighted by Gasteiger charge is -2.03. The number of benzene rings is 2. The molecule has 0 aliphatic rings. The van der Waals surface area contributed by atoms with Gasteiger partial charge in [0, 0.05) is 17.8 Å². The van der Waals surface area contributed by atoms with Crippen LogP contribution < -0.4 is 10.5 Å². The van der Waals surface area contributed by atoms with Crippen LogP contribution in [0.25, 0.3) is 16.7 Å². The molecule has 0 saturated heterocycles. The first-order valence-corrected chi connectivity index (χ1v) is 5.67. The summed E-state index contributed by atoms with van der Waals surface area (Å²) in [5.74, 6) is 0.744. The molecule has 0 atom stereocenters. The molecule has 1 heterocycles. The summed E-state index contributed by atoms with van der Waals surface area (Å²) < 4.78 is 5.13. The molecule has 2 aromatic carbocycles. The van der Waals surface area contributed by atoms with Crippen LogP contribution in [-0.4, -0.2) is 27.2 Å². The van der Waals surface area contributed by atoms with Gasteiger partial charge in [0.2, 0.25) is 0 Å². The zero-order valence-electron chi connectivity index (χ0n) is 10.2. The van der Waals surface area contributed by atoms with E-state index in [1.807, 2.05) is 12.1 Å². The molecular weight excluding hydrogens is 244 g/mol. The molecule has 0 aliphatic heterocycles. The van der Waals surface area contributed by atoms with E-state index in [0.717, 1.165) is 5.52 Å². The molecule has 19 heavy (non-hydrogen) atoms. The summed E-state index contributed by atoms with van der Waals surface area (Å²) in [5.41, 5.74) is 7.96. The van der Waals surface area contributed by atoms with E-state index < -0.39 is 0 Å². The zero-order valence-corrected chi connectivity index (χ0v) is 10.2. The Balaban J connectivity index is 2.14. The van der Waals surface area contributed by atoms with Crippen molar-refractivity contribution < 1.29 is 9.84 Å². The Morgan fingerprint density at radius 2 is 1.89 bits per heavy atom. The number of nitrogens with two attached hydrogens (primary N) is 1. The fourth-order valence-electron chi connectivity index (χ4n) is 1.84. The molecule has 0 spiro atoms. The van der Waals surface area contributed by atoms with Gasteiger partial charge in [-0.1, -0.05) is 0 Å². The minimum absolute atomic E-state index is 0.0345. The number of nitrogens with zero attached hydrogens (tertiary/aromatic N) is 3. The van der Waals surface area contributed by atoms with E-state index in [4.69, 9.17) is 10.5 Å². The summed E-state index contributed by atoms with van der Waals surface area (Å²) in [6.07, 6.45) is 0. The van der Waals surface area contributed by atoms with Crippen molar-refractivity contribution in [3.8, 4) is 17.2 Å². The number of phenols is 1. The van der Waals surface area contributed by atoms with E-state index in [9.17, 15) is 5.11 Å². The SMILES string of the molecule is COc1ccc2nn(-c3ccc(N)cc3O)nc2c1. The molecule has 0 amide bonds. The molecule has 6 heteroatoms. The number of methoxy groups -OCH3 is 1. The van der Waals surface area contributed by atoms with Crippen LogP contribution in [0.4, 0.5) is 5.69 Å². The quantitative estimate of drug-likeness (QED) is 0.682. The fraction of sp³-hybridized carbons (Fsp3) is 0.0769. The molecule has 0 aliphatic carbocycles. The summed E-state index contributed by atoms with van der Waals surface area (Å²) in [7, 11) is 1.59. The molecule has 1 aromatic heterocycles. The second kappa shape index (κ2) is 4.16. The molecule has 0 fully saturated rings. The maximum Gasteiger partial charge on any atom is 0.145 e. The fourth-order valence-corrected chi connectivity index (χ4v) is 1.84. The summed E-state index contributed by atoms with van der Waals surface area (Å²) in [6, 6.07) is 10.2. The second-order valence-corrected chi connectivity index (χ2v) is 4.09. The Morgan fingerprint density at radius 1 is 1.11 bits per heavy atom. The first-order valence-electron chi connectivity index (χ1n) is 5.67. The normalized spacial score (nSPS) is 10.8. The molecule has 0 unspecified atom stereocenters. The number of hydrogen-bond donors (Lipinski definition) is 2. The van der Waals surface area contributed by atoms with Crippen LogP contribution in [0.1, 0.15) is 0 Å². The molecule has 3 rings (SSSR count). The Kier molecular flexibility index (Phi) is 2.49. The van der Waals surface area contributed by atoms with Crippen LogP contribution in [-0.2, 0) is 0 Å². The summed E-state index contributed by atoms with van der Waals surface area (Å²) in [6.45, 7) is 0. The van der Waals surface area contributed by atoms with Crippen LogP contribution in [0.15, 0.2) is 36.4 Å². The van der Waals surface area contributed by atoms with Crippen molar-refractivity contribution in [2.24, 2.45) is 0 Å². The van der Waals surface area contributed by atoms with Gasteiger partial charge in [-0.3, -0.25) is 0 Å². The monoisotopic (exact) mass is 256 g/mol. The largest absolute Gasteiger partial charge is 0.506 e. The Morgan fingerprint density at radius 3 is 2.63 bits per heavy atom. The van der Waals surface area contributed by atoms with Gasteiger partial charge in [-0.15, -0.1) is 15.0 Å². The number of ether oxygens (including phenoxy) is 1. The van der Waals surface area contributed by atoms with Crippen molar-refractivity contribution in [2.75, 3.05) is 12.8 Å². The Labute approximate surface area is 109 Å². The number of nitrogen functional groups attached to an aromatic ring is 1. The third-order valence-electron chi connectivity index (χ3n) is 2.80. The van der Waals surface area contributed by atoms with Crippen molar-refractivity contribution in [3.63, 3.8) is 0 Å². The van der Waals surface area contributed by atoms with Crippen molar-refractivity contribution in [3.05, 3.63) is 36.4 Å². The van der Waals surface area contributed by atoms with Gasteiger partial charge in [0.25, 0.3) is 0 Å². The molecular formula is C13H12N4O2. The van der Waals surface area contributed by atoms with Crippen LogP contribution >= 0.6 is 0 Å². The minimum Gasteiger partial charge on any atom is -0.506 e. The van der Waals surface area contributed by atoms with Crippen LogP contribution in [0.2, 0.25) is 0 Å². The third-order valence-corrected chi connectivity index (χ3v) is 2.80. The van der Waals surface area contributed by atoms with Crippen molar-refractivity contribution in [1.82, 2.24) is 15.0 Å². The van der Waals surface area contributed by atoms with Gasteiger partial charge < -0.3 is 15.6 Å². The number of hydrogen-bond acceptors (Lipinski definition) is 5. The van der Waals surface area contributed by atoms with E-state index in [1.54, 1.807) is 25.3 Å². The highest BCUT2D eigenvalue weighted by atomic mass is 16.5. The molecule has 0 bridgehead atoms. The third kappa shape index (κ3) is 1.93. The molecule has 3 N–H and O–H groups in total. The number of phenolic OH excluding ortho intramolecular Hbond substituents is 1. The average Bonchev–Trinajstić information content (AvgIpc) is 2.80. The number of aromatic nitrogens is 3. The molecule has 0 saturated carbocycles. The lowest BCUT2D eigenvalue weighted by atomic mass is 10.2. The molecule has 96 valence electrons. The molecule has 0 radical (unpaired) electrons. The van der Waals surface area contributed by atoms with E-state index >= 15 is 0 Å². The Bertz CT molecular complexity index is 751. The number of aromatic hydroxyl groups is 1. The standard InChI is InChI=1S/C13H12N4O2/c1-19-9-3-4-10-11(7-9)16-17(15-10)12-5-2-8(14)6-13(12)18/h2-7,18H,14H2,1H3. The molecule has 3 aromatic rings. The predicted octanol–water partition coefficient (Wildman–Crippen LogP) is 1.72. The predicted molar refractivity (Wildman–Crippen MR) is 71.5 cm³/mol. The van der Waals surface area contributed by atoms with E-state index in [-0.39, 0.29) is 5.75 Å². The highest BCUT2D eigenvalue weighted by molar-refractivity contribution is 5.75. The smallest absolute Gasteiger partial charge is 0.145 e. The maximum atomic E-state index is 9.87. The molecule has 6 nitrogen and oxygen atoms in total. The highest BCUT2D eigenvalue weighted by Crippen LogP contribution is 2.25. The van der Waals surface area contributed by atoms with Crippen molar-refractivity contribution in [1.29, 1.82) is 0 Å². The highest BCUT2D eigenvalue weighted by Gasteiger charge is 2.09. The Hall–Kier alpha value is -2.76. The van der Waals surface area contributed by atoms with E-state index in [2.05, 4.69) is 10.2 Å². The lowest BCUT2D eigenvalue weighted by Crippen LogP contribution is -1.99. The number of fused-ring (bicyclic) bond motifs is 1. The van der Waals surface area contributed by atoms with Gasteiger partial charge in [0.1, 0.15) is 28.2 Å². The zero-order chi connectivity index (χ0) is 13.4. The second-order valence-electron chi connectivity index (χ2n) is 4.09. The van der Waals surface area contributed by atoms with Crippen molar-refractivity contribution >= 4 is 16.7 Å². The first kappa shape index (κ1) is 11.3. The lowest BCUT2D eigenvalue weighted by molar-refractivity contribution is 0.415. The van der Waals surface area contributed by atoms with Crippen molar-refractivity contribution in [2.45, 2.75) is 0 Å². The maximum absolute atomic E-state index is 9.87. The summed E-state index contributed by atoms with van der Waals surface area (Å²) in [5, 5.41) is 18.5. The van der Waals surface area contributed by atoms with Crippen LogP contribution in [0.3, 0.4) is 0 Å². The number of anilines is 1. The van der Waals surface area contributed by atoms with Gasteiger partial charge in [-0.05, 0) is 24.3 Å². The van der Waals surface area contributed by atoms with E-state index in [1.165, 1.54) is 10.9 Å². The average molecular weight is 256 g/mol. The minimum atomic E-state index is 0.0345. The first-order chi connectivity index (χ1) is 9.17. The summed E-state index contributed by atoms with van der Waals surface area (Å²) >= 11 is 0. The van der Waals surface area contributed by atoms with Gasteiger partial charge in [0.05, 0.1) is 7.11 Å². The van der Waals surface area contributed by atoms with E-state index in [0.29, 0.717) is 22.6 Å². The van der Waals surface area contributed by atoms with Crippen LogP contribution in [0, 0.1) is 0 Å². The van der Waals surface area contributed by atoms with Gasteiger partial charge in [0.15, 0.2) is 0 Å². The number of rotatable bonds is 2. The van der Waals surface area contributed by atoms with Gasteiger partial charge >= 0.3 is 0 Å². The van der Waals surface area contributed by atoms with Gasteiger partial charge in [-0.25, -0.2) is 0 Å². The topological polar surface area (TPSA) is 86.2 Å².